The molecule has 2 aromatic carbocycles. The van der Waals surface area contributed by atoms with Gasteiger partial charge < -0.3 is 23.8 Å². The van der Waals surface area contributed by atoms with Crippen LogP contribution in [0.25, 0.3) is 0 Å². The van der Waals surface area contributed by atoms with Crippen LogP contribution in [-0.2, 0) is 4.79 Å². The second-order valence-corrected chi connectivity index (χ2v) is 7.69. The van der Waals surface area contributed by atoms with Gasteiger partial charge in [-0.15, -0.1) is 0 Å². The fourth-order valence-electron chi connectivity index (χ4n) is 4.10. The van der Waals surface area contributed by atoms with Crippen LogP contribution in [0.1, 0.15) is 18.0 Å². The average Bonchev–Trinajstić information content (AvgIpc) is 3.37. The molecule has 1 saturated heterocycles. The number of piperazine rings is 1. The van der Waals surface area contributed by atoms with Crippen LogP contribution in [0, 0.1) is 0 Å². The van der Waals surface area contributed by atoms with Crippen molar-refractivity contribution < 1.29 is 14.3 Å². The molecule has 0 N–H and O–H groups in total. The number of rotatable bonds is 7. The zero-order valence-corrected chi connectivity index (χ0v) is 18.1. The van der Waals surface area contributed by atoms with Crippen molar-refractivity contribution in [2.24, 2.45) is 0 Å². The van der Waals surface area contributed by atoms with Crippen LogP contribution in [-0.4, -0.2) is 55.8 Å². The molecule has 1 aromatic heterocycles. The van der Waals surface area contributed by atoms with Crippen LogP contribution >= 0.6 is 0 Å². The number of methoxy groups -OCH3 is 2. The van der Waals surface area contributed by atoms with Crippen LogP contribution in [0.15, 0.2) is 73.1 Å². The number of amides is 1. The minimum Gasteiger partial charge on any atom is -0.497 e. The largest absolute Gasteiger partial charge is 0.497 e. The highest BCUT2D eigenvalue weighted by Crippen LogP contribution is 2.27. The van der Waals surface area contributed by atoms with Gasteiger partial charge in [0.1, 0.15) is 11.5 Å². The Morgan fingerprint density at radius 1 is 0.871 bits per heavy atom. The first kappa shape index (κ1) is 20.8. The van der Waals surface area contributed by atoms with Crippen molar-refractivity contribution in [1.82, 2.24) is 9.47 Å². The normalized spacial score (nSPS) is 14.9. The number of carbonyl (C=O) groups is 1. The van der Waals surface area contributed by atoms with Crippen molar-refractivity contribution in [3.05, 3.63) is 78.6 Å². The van der Waals surface area contributed by atoms with Crippen molar-refractivity contribution in [3.8, 4) is 11.5 Å². The van der Waals surface area contributed by atoms with Gasteiger partial charge in [0.2, 0.25) is 5.91 Å². The van der Waals surface area contributed by atoms with Gasteiger partial charge in [0.05, 0.1) is 26.7 Å². The van der Waals surface area contributed by atoms with E-state index < -0.39 is 0 Å². The first-order valence-electron chi connectivity index (χ1n) is 10.6. The lowest BCUT2D eigenvalue weighted by atomic mass is 10.0. The quantitative estimate of drug-likeness (QED) is 0.584. The van der Waals surface area contributed by atoms with Gasteiger partial charge in [0.15, 0.2) is 0 Å². The third kappa shape index (κ3) is 4.85. The summed E-state index contributed by atoms with van der Waals surface area (Å²) in [5.74, 6) is 1.83. The van der Waals surface area contributed by atoms with E-state index in [4.69, 9.17) is 9.47 Å². The lowest BCUT2D eigenvalue weighted by Gasteiger charge is -2.37. The molecular weight excluding hydrogens is 390 g/mol. The van der Waals surface area contributed by atoms with Gasteiger partial charge in [-0.05, 0) is 54.1 Å². The molecule has 0 aliphatic carbocycles. The standard InChI is InChI=1S/C25H29N3O3/c1-30-22-10-8-21(9-11-22)26-14-16-28(17-15-26)25(29)19-24(27-12-3-4-13-27)20-6-5-7-23(18-20)31-2/h3-13,18,24H,14-17,19H2,1-2H3/t24-/m0/s1. The highest BCUT2D eigenvalue weighted by atomic mass is 16.5. The summed E-state index contributed by atoms with van der Waals surface area (Å²) in [7, 11) is 3.34. The molecule has 162 valence electrons. The highest BCUT2D eigenvalue weighted by Gasteiger charge is 2.25. The first-order valence-corrected chi connectivity index (χ1v) is 10.6. The van der Waals surface area contributed by atoms with E-state index >= 15 is 0 Å². The van der Waals surface area contributed by atoms with E-state index in [0.717, 1.165) is 48.9 Å². The van der Waals surface area contributed by atoms with E-state index in [1.165, 1.54) is 0 Å². The summed E-state index contributed by atoms with van der Waals surface area (Å²) < 4.78 is 12.7. The monoisotopic (exact) mass is 419 g/mol. The molecule has 4 rings (SSSR count). The minimum atomic E-state index is -0.0581. The van der Waals surface area contributed by atoms with Gasteiger partial charge in [-0.25, -0.2) is 0 Å². The molecular formula is C25H29N3O3. The summed E-state index contributed by atoms with van der Waals surface area (Å²) >= 11 is 0. The molecule has 0 unspecified atom stereocenters. The smallest absolute Gasteiger partial charge is 0.225 e. The number of ether oxygens (including phenoxy) is 2. The third-order valence-electron chi connectivity index (χ3n) is 5.90. The second kappa shape index (κ2) is 9.60. The number of aromatic nitrogens is 1. The molecule has 1 aliphatic rings. The van der Waals surface area contributed by atoms with Gasteiger partial charge in [-0.2, -0.15) is 0 Å². The zero-order valence-electron chi connectivity index (χ0n) is 18.1. The molecule has 3 aromatic rings. The van der Waals surface area contributed by atoms with Gasteiger partial charge in [0.25, 0.3) is 0 Å². The molecule has 2 heterocycles. The van der Waals surface area contributed by atoms with Crippen LogP contribution in [0.5, 0.6) is 11.5 Å². The summed E-state index contributed by atoms with van der Waals surface area (Å²) in [5, 5.41) is 0. The molecule has 1 atom stereocenters. The third-order valence-corrected chi connectivity index (χ3v) is 5.90. The van der Waals surface area contributed by atoms with Crippen molar-refractivity contribution in [2.75, 3.05) is 45.3 Å². The minimum absolute atomic E-state index is 0.0581. The van der Waals surface area contributed by atoms with Crippen molar-refractivity contribution in [1.29, 1.82) is 0 Å². The van der Waals surface area contributed by atoms with Crippen LogP contribution in [0.2, 0.25) is 0 Å². The Morgan fingerprint density at radius 3 is 2.19 bits per heavy atom. The number of nitrogens with zero attached hydrogens (tertiary/aromatic N) is 3. The molecule has 1 fully saturated rings. The lowest BCUT2D eigenvalue weighted by Crippen LogP contribution is -2.49. The summed E-state index contributed by atoms with van der Waals surface area (Å²) in [6.45, 7) is 3.10. The molecule has 0 spiro atoms. The number of carbonyl (C=O) groups excluding carboxylic acids is 1. The van der Waals surface area contributed by atoms with Crippen LogP contribution in [0.3, 0.4) is 0 Å². The van der Waals surface area contributed by atoms with E-state index in [2.05, 4.69) is 27.7 Å². The number of hydrogen-bond donors (Lipinski definition) is 0. The van der Waals surface area contributed by atoms with E-state index in [-0.39, 0.29) is 11.9 Å². The Balaban J connectivity index is 1.42. The molecule has 1 amide bonds. The van der Waals surface area contributed by atoms with E-state index in [9.17, 15) is 4.79 Å². The topological polar surface area (TPSA) is 46.9 Å². The Morgan fingerprint density at radius 2 is 1.55 bits per heavy atom. The predicted molar refractivity (Wildman–Crippen MR) is 122 cm³/mol. The van der Waals surface area contributed by atoms with Crippen LogP contribution in [0.4, 0.5) is 5.69 Å². The SMILES string of the molecule is COc1ccc(N2CCN(C(=O)C[C@@H](c3cccc(OC)c3)n3cccc3)CC2)cc1. The van der Waals surface area contributed by atoms with Crippen molar-refractivity contribution in [3.63, 3.8) is 0 Å². The maximum atomic E-state index is 13.2. The molecule has 6 heteroatoms. The zero-order chi connectivity index (χ0) is 21.6. The number of hydrogen-bond acceptors (Lipinski definition) is 4. The number of benzene rings is 2. The van der Waals surface area contributed by atoms with Gasteiger partial charge in [0, 0.05) is 44.3 Å². The Kier molecular flexibility index (Phi) is 6.46. The van der Waals surface area contributed by atoms with Gasteiger partial charge in [-0.1, -0.05) is 12.1 Å². The molecule has 6 nitrogen and oxygen atoms in total. The lowest BCUT2D eigenvalue weighted by molar-refractivity contribution is -0.132. The van der Waals surface area contributed by atoms with E-state index in [1.807, 2.05) is 59.8 Å². The maximum Gasteiger partial charge on any atom is 0.225 e. The number of anilines is 1. The molecule has 0 radical (unpaired) electrons. The summed E-state index contributed by atoms with van der Waals surface area (Å²) in [5.41, 5.74) is 2.23. The maximum absolute atomic E-state index is 13.2. The van der Waals surface area contributed by atoms with Gasteiger partial charge >= 0.3 is 0 Å². The molecule has 0 saturated carbocycles. The fraction of sp³-hybridized carbons (Fsp3) is 0.320. The van der Waals surface area contributed by atoms with E-state index in [1.54, 1.807) is 14.2 Å². The molecule has 0 bridgehead atoms. The van der Waals surface area contributed by atoms with E-state index in [0.29, 0.717) is 6.42 Å². The summed E-state index contributed by atoms with van der Waals surface area (Å²) in [6.07, 6.45) is 4.45. The van der Waals surface area contributed by atoms with Gasteiger partial charge in [-0.3, -0.25) is 4.79 Å². The Bertz CT molecular complexity index is 978. The predicted octanol–water partition coefficient (Wildman–Crippen LogP) is 3.83. The molecule has 1 aliphatic heterocycles. The Hall–Kier alpha value is -3.41. The fourth-order valence-corrected chi connectivity index (χ4v) is 4.10. The second-order valence-electron chi connectivity index (χ2n) is 7.69. The average molecular weight is 420 g/mol. The van der Waals surface area contributed by atoms with Crippen molar-refractivity contribution >= 4 is 11.6 Å². The molecule has 31 heavy (non-hydrogen) atoms. The van der Waals surface area contributed by atoms with Crippen molar-refractivity contribution in [2.45, 2.75) is 12.5 Å². The Labute approximate surface area is 183 Å². The summed E-state index contributed by atoms with van der Waals surface area (Å²) in [4.78, 5) is 17.5. The van der Waals surface area contributed by atoms with Crippen LogP contribution < -0.4 is 14.4 Å². The highest BCUT2D eigenvalue weighted by molar-refractivity contribution is 5.77. The summed E-state index contributed by atoms with van der Waals surface area (Å²) in [6, 6.07) is 20.0. The first-order chi connectivity index (χ1) is 15.2.